The quantitative estimate of drug-likeness (QED) is 0.680. The van der Waals surface area contributed by atoms with Crippen molar-refractivity contribution in [2.24, 2.45) is 0 Å². The summed E-state index contributed by atoms with van der Waals surface area (Å²) >= 11 is 3.33. The lowest BCUT2D eigenvalue weighted by atomic mass is 9.92. The molecule has 1 saturated heterocycles. The Balaban J connectivity index is 2.43. The van der Waals surface area contributed by atoms with Crippen molar-refractivity contribution in [1.82, 2.24) is 5.32 Å². The molecule has 0 aromatic heterocycles. The van der Waals surface area contributed by atoms with Crippen molar-refractivity contribution in [3.8, 4) is 5.75 Å². The number of methoxy groups -OCH3 is 1. The van der Waals surface area contributed by atoms with Gasteiger partial charge in [0.1, 0.15) is 11.8 Å². The molecule has 1 aromatic rings. The molecule has 7 heteroatoms. The van der Waals surface area contributed by atoms with Crippen LogP contribution in [0.4, 0.5) is 0 Å². The predicted molar refractivity (Wildman–Crippen MR) is 71.6 cm³/mol. The first-order valence-electron chi connectivity index (χ1n) is 5.79. The predicted octanol–water partition coefficient (Wildman–Crippen LogP) is 2.05. The van der Waals surface area contributed by atoms with Crippen LogP contribution in [0.1, 0.15) is 24.4 Å². The molecule has 6 nitrogen and oxygen atoms in total. The van der Waals surface area contributed by atoms with Crippen molar-refractivity contribution in [3.63, 3.8) is 0 Å². The van der Waals surface area contributed by atoms with Gasteiger partial charge in [-0.1, -0.05) is 15.9 Å². The SMILES string of the molecule is COc1ccc(Br)cc1[C@@H]1NC(=O)CC[C@@H]1[N+](=O)[O-]. The minimum Gasteiger partial charge on any atom is -0.496 e. The van der Waals surface area contributed by atoms with Gasteiger partial charge in [-0.15, -0.1) is 0 Å². The molecule has 1 aliphatic heterocycles. The number of piperidine rings is 1. The van der Waals surface area contributed by atoms with E-state index in [1.165, 1.54) is 7.11 Å². The molecule has 1 amide bonds. The average Bonchev–Trinajstić information content (AvgIpc) is 2.38. The zero-order valence-electron chi connectivity index (χ0n) is 10.3. The molecule has 1 aliphatic rings. The number of halogens is 1. The van der Waals surface area contributed by atoms with Crippen LogP contribution in [0, 0.1) is 10.1 Å². The second kappa shape index (κ2) is 5.56. The zero-order chi connectivity index (χ0) is 14.0. The second-order valence-corrected chi connectivity index (χ2v) is 5.24. The number of rotatable bonds is 3. The van der Waals surface area contributed by atoms with Gasteiger partial charge < -0.3 is 10.1 Å². The summed E-state index contributed by atoms with van der Waals surface area (Å²) in [5.41, 5.74) is 0.617. The van der Waals surface area contributed by atoms with E-state index in [1.54, 1.807) is 18.2 Å². The molecule has 0 spiro atoms. The Hall–Kier alpha value is -1.63. The summed E-state index contributed by atoms with van der Waals surface area (Å²) in [5, 5.41) is 13.8. The van der Waals surface area contributed by atoms with Crippen LogP contribution in [0.15, 0.2) is 22.7 Å². The average molecular weight is 329 g/mol. The maximum absolute atomic E-state index is 11.5. The lowest BCUT2D eigenvalue weighted by Crippen LogP contribution is -2.45. The number of carbonyl (C=O) groups excluding carboxylic acids is 1. The molecule has 2 rings (SSSR count). The maximum Gasteiger partial charge on any atom is 0.237 e. The summed E-state index contributed by atoms with van der Waals surface area (Å²) in [4.78, 5) is 22.3. The van der Waals surface area contributed by atoms with Crippen molar-refractivity contribution in [1.29, 1.82) is 0 Å². The van der Waals surface area contributed by atoms with E-state index in [4.69, 9.17) is 4.74 Å². The molecule has 1 fully saturated rings. The van der Waals surface area contributed by atoms with E-state index in [9.17, 15) is 14.9 Å². The number of ether oxygens (including phenoxy) is 1. The van der Waals surface area contributed by atoms with Crippen LogP contribution in [0.25, 0.3) is 0 Å². The summed E-state index contributed by atoms with van der Waals surface area (Å²) < 4.78 is 6.00. The van der Waals surface area contributed by atoms with Gasteiger partial charge in [-0.3, -0.25) is 14.9 Å². The molecule has 102 valence electrons. The van der Waals surface area contributed by atoms with Crippen molar-refractivity contribution < 1.29 is 14.5 Å². The van der Waals surface area contributed by atoms with Crippen LogP contribution in [-0.4, -0.2) is 24.0 Å². The van der Waals surface area contributed by atoms with Gasteiger partial charge in [0.15, 0.2) is 0 Å². The van der Waals surface area contributed by atoms with Gasteiger partial charge in [-0.05, 0) is 18.2 Å². The van der Waals surface area contributed by atoms with Crippen LogP contribution in [0.3, 0.4) is 0 Å². The Bertz CT molecular complexity index is 520. The third-order valence-electron chi connectivity index (χ3n) is 3.17. The first kappa shape index (κ1) is 13.8. The molecule has 1 heterocycles. The van der Waals surface area contributed by atoms with Crippen molar-refractivity contribution in [3.05, 3.63) is 38.3 Å². The fourth-order valence-corrected chi connectivity index (χ4v) is 2.63. The summed E-state index contributed by atoms with van der Waals surface area (Å²) in [6.45, 7) is 0. The number of nitro groups is 1. The fourth-order valence-electron chi connectivity index (χ4n) is 2.25. The largest absolute Gasteiger partial charge is 0.496 e. The minimum absolute atomic E-state index is 0.176. The van der Waals surface area contributed by atoms with Crippen LogP contribution in [0.2, 0.25) is 0 Å². The third kappa shape index (κ3) is 2.86. The molecule has 19 heavy (non-hydrogen) atoms. The number of benzene rings is 1. The van der Waals surface area contributed by atoms with E-state index in [0.717, 1.165) is 4.47 Å². The molecule has 0 aliphatic carbocycles. The molecular formula is C12H13BrN2O4. The molecule has 1 aromatic carbocycles. The normalized spacial score (nSPS) is 22.7. The summed E-state index contributed by atoms with van der Waals surface area (Å²) in [6.07, 6.45) is 0.414. The Labute approximate surface area is 118 Å². The Morgan fingerprint density at radius 1 is 1.53 bits per heavy atom. The molecule has 2 atom stereocenters. The lowest BCUT2D eigenvalue weighted by Gasteiger charge is -2.28. The van der Waals surface area contributed by atoms with Crippen LogP contribution in [-0.2, 0) is 4.79 Å². The maximum atomic E-state index is 11.5. The fraction of sp³-hybridized carbons (Fsp3) is 0.417. The number of hydrogen-bond donors (Lipinski definition) is 1. The second-order valence-electron chi connectivity index (χ2n) is 4.32. The van der Waals surface area contributed by atoms with E-state index >= 15 is 0 Å². The Morgan fingerprint density at radius 2 is 2.26 bits per heavy atom. The van der Waals surface area contributed by atoms with Gasteiger partial charge >= 0.3 is 0 Å². The zero-order valence-corrected chi connectivity index (χ0v) is 11.8. The van der Waals surface area contributed by atoms with Crippen LogP contribution >= 0.6 is 15.9 Å². The summed E-state index contributed by atoms with van der Waals surface area (Å²) in [5.74, 6) is 0.354. The lowest BCUT2D eigenvalue weighted by molar-refractivity contribution is -0.529. The Morgan fingerprint density at radius 3 is 2.89 bits per heavy atom. The smallest absolute Gasteiger partial charge is 0.237 e. The first-order valence-corrected chi connectivity index (χ1v) is 6.58. The number of nitrogens with zero attached hydrogens (tertiary/aromatic N) is 1. The third-order valence-corrected chi connectivity index (χ3v) is 3.66. The van der Waals surface area contributed by atoms with Crippen molar-refractivity contribution in [2.45, 2.75) is 24.9 Å². The monoisotopic (exact) mass is 328 g/mol. The van der Waals surface area contributed by atoms with Crippen molar-refractivity contribution >= 4 is 21.8 Å². The topological polar surface area (TPSA) is 81.5 Å². The van der Waals surface area contributed by atoms with E-state index in [2.05, 4.69) is 21.2 Å². The number of amides is 1. The van der Waals surface area contributed by atoms with Gasteiger partial charge in [-0.2, -0.15) is 0 Å². The van der Waals surface area contributed by atoms with Gasteiger partial charge in [0.2, 0.25) is 11.9 Å². The van der Waals surface area contributed by atoms with E-state index in [0.29, 0.717) is 11.3 Å². The van der Waals surface area contributed by atoms with Gasteiger partial charge in [0.05, 0.1) is 7.11 Å². The van der Waals surface area contributed by atoms with Crippen LogP contribution < -0.4 is 10.1 Å². The first-order chi connectivity index (χ1) is 9.02. The van der Waals surface area contributed by atoms with Crippen molar-refractivity contribution in [2.75, 3.05) is 7.11 Å². The minimum atomic E-state index is -0.833. The van der Waals surface area contributed by atoms with Crippen LogP contribution in [0.5, 0.6) is 5.75 Å². The number of hydrogen-bond acceptors (Lipinski definition) is 4. The van der Waals surface area contributed by atoms with E-state index in [-0.39, 0.29) is 23.7 Å². The molecule has 1 N–H and O–H groups in total. The standard InChI is InChI=1S/C12H13BrN2O4/c1-19-10-4-2-7(13)6-8(10)12-9(15(17)18)3-5-11(16)14-12/h2,4,6,9,12H,3,5H2,1H3,(H,14,16)/t9-,12-/m0/s1. The summed E-state index contributed by atoms with van der Waals surface area (Å²) in [6, 6.07) is 3.75. The molecular weight excluding hydrogens is 316 g/mol. The Kier molecular flexibility index (Phi) is 4.04. The highest BCUT2D eigenvalue weighted by molar-refractivity contribution is 9.10. The highest BCUT2D eigenvalue weighted by Gasteiger charge is 2.39. The number of nitrogens with one attached hydrogen (secondary N) is 1. The van der Waals surface area contributed by atoms with E-state index < -0.39 is 12.1 Å². The highest BCUT2D eigenvalue weighted by atomic mass is 79.9. The van der Waals surface area contributed by atoms with Gasteiger partial charge in [0, 0.05) is 27.8 Å². The molecule has 0 unspecified atom stereocenters. The number of carbonyl (C=O) groups is 1. The highest BCUT2D eigenvalue weighted by Crippen LogP contribution is 2.34. The molecule has 0 saturated carbocycles. The molecule has 0 bridgehead atoms. The summed E-state index contributed by atoms with van der Waals surface area (Å²) in [7, 11) is 1.50. The van der Waals surface area contributed by atoms with Gasteiger partial charge in [0.25, 0.3) is 0 Å². The van der Waals surface area contributed by atoms with Gasteiger partial charge in [-0.25, -0.2) is 0 Å². The molecule has 0 radical (unpaired) electrons. The van der Waals surface area contributed by atoms with E-state index in [1.807, 2.05) is 0 Å².